The Morgan fingerprint density at radius 2 is 1.95 bits per heavy atom. The second-order valence-corrected chi connectivity index (χ2v) is 6.69. The number of hydrogen-bond donors (Lipinski definition) is 2. The molecule has 3 N–H and O–H groups in total. The van der Waals surface area contributed by atoms with E-state index in [1.165, 1.54) is 25.7 Å². The predicted molar refractivity (Wildman–Crippen MR) is 85.0 cm³/mol. The summed E-state index contributed by atoms with van der Waals surface area (Å²) in [5.41, 5.74) is 5.73. The molecule has 0 aromatic rings. The first-order chi connectivity index (χ1) is 10.2. The zero-order chi connectivity index (χ0) is 15.1. The number of ether oxygens (including phenoxy) is 1. The minimum atomic E-state index is 0.231. The summed E-state index contributed by atoms with van der Waals surface area (Å²) >= 11 is 0. The number of nitrogens with two attached hydrogens (primary N) is 1. The molecule has 0 aromatic carbocycles. The molecule has 2 unspecified atom stereocenters. The van der Waals surface area contributed by atoms with E-state index in [2.05, 4.69) is 12.2 Å². The molecule has 0 radical (unpaired) electrons. The Balaban J connectivity index is 1.71. The van der Waals surface area contributed by atoms with Crippen LogP contribution in [0, 0.1) is 5.41 Å². The maximum atomic E-state index is 12.1. The van der Waals surface area contributed by atoms with E-state index in [-0.39, 0.29) is 11.3 Å². The maximum Gasteiger partial charge on any atom is 0.220 e. The molecule has 122 valence electrons. The van der Waals surface area contributed by atoms with Gasteiger partial charge < -0.3 is 15.8 Å². The van der Waals surface area contributed by atoms with Gasteiger partial charge in [-0.25, -0.2) is 0 Å². The summed E-state index contributed by atoms with van der Waals surface area (Å²) in [5.74, 6) is 0.231. The van der Waals surface area contributed by atoms with Crippen LogP contribution in [0.5, 0.6) is 0 Å². The number of nitrogens with one attached hydrogen (secondary N) is 1. The van der Waals surface area contributed by atoms with Gasteiger partial charge in [0.2, 0.25) is 5.91 Å². The van der Waals surface area contributed by atoms with E-state index in [1.54, 1.807) is 0 Å². The predicted octanol–water partition coefficient (Wildman–Crippen LogP) is 2.75. The molecule has 2 fully saturated rings. The van der Waals surface area contributed by atoms with E-state index in [0.717, 1.165) is 45.3 Å². The summed E-state index contributed by atoms with van der Waals surface area (Å²) in [4.78, 5) is 12.1. The molecular formula is C17H32N2O2. The lowest BCUT2D eigenvalue weighted by Crippen LogP contribution is -2.63. The summed E-state index contributed by atoms with van der Waals surface area (Å²) in [6.45, 7) is 3.61. The molecule has 1 amide bonds. The minimum absolute atomic E-state index is 0.231. The molecule has 2 aliphatic carbocycles. The Labute approximate surface area is 129 Å². The summed E-state index contributed by atoms with van der Waals surface area (Å²) in [7, 11) is 0. The monoisotopic (exact) mass is 296 g/mol. The fraction of sp³-hybridized carbons (Fsp3) is 0.941. The average molecular weight is 296 g/mol. The number of amides is 1. The SMILES string of the molecule is CCOC1CC(NC(=O)CCCCCCN)C12CCCC2. The van der Waals surface area contributed by atoms with Crippen molar-refractivity contribution < 1.29 is 9.53 Å². The molecule has 2 atom stereocenters. The van der Waals surface area contributed by atoms with Crippen LogP contribution in [0.15, 0.2) is 0 Å². The normalized spacial score (nSPS) is 26.8. The van der Waals surface area contributed by atoms with Gasteiger partial charge in [-0.3, -0.25) is 4.79 Å². The number of carbonyl (C=O) groups excluding carboxylic acids is 1. The molecule has 21 heavy (non-hydrogen) atoms. The van der Waals surface area contributed by atoms with Gasteiger partial charge in [0.25, 0.3) is 0 Å². The molecule has 0 aliphatic heterocycles. The van der Waals surface area contributed by atoms with Crippen molar-refractivity contribution in [2.75, 3.05) is 13.2 Å². The first-order valence-corrected chi connectivity index (χ1v) is 8.84. The first kappa shape index (κ1) is 16.8. The third kappa shape index (κ3) is 3.98. The Bertz CT molecular complexity index is 327. The van der Waals surface area contributed by atoms with Gasteiger partial charge in [-0.1, -0.05) is 25.7 Å². The lowest BCUT2D eigenvalue weighted by molar-refractivity contribution is -0.144. The van der Waals surface area contributed by atoms with Crippen molar-refractivity contribution in [1.82, 2.24) is 5.32 Å². The van der Waals surface area contributed by atoms with Crippen molar-refractivity contribution in [3.05, 3.63) is 0 Å². The third-order valence-corrected chi connectivity index (χ3v) is 5.38. The molecule has 0 bridgehead atoms. The summed E-state index contributed by atoms with van der Waals surface area (Å²) < 4.78 is 5.89. The molecular weight excluding hydrogens is 264 g/mol. The molecule has 2 rings (SSSR count). The van der Waals surface area contributed by atoms with Crippen LogP contribution in [-0.4, -0.2) is 31.2 Å². The highest BCUT2D eigenvalue weighted by Gasteiger charge is 2.57. The van der Waals surface area contributed by atoms with Crippen molar-refractivity contribution in [2.45, 2.75) is 83.3 Å². The van der Waals surface area contributed by atoms with Crippen molar-refractivity contribution in [1.29, 1.82) is 0 Å². The Kier molecular flexibility index (Phi) is 6.49. The molecule has 0 heterocycles. The number of unbranched alkanes of at least 4 members (excludes halogenated alkanes) is 3. The third-order valence-electron chi connectivity index (χ3n) is 5.38. The highest BCUT2D eigenvalue weighted by atomic mass is 16.5. The lowest BCUT2D eigenvalue weighted by Gasteiger charge is -2.54. The van der Waals surface area contributed by atoms with Crippen LogP contribution >= 0.6 is 0 Å². The maximum absolute atomic E-state index is 12.1. The van der Waals surface area contributed by atoms with Crippen LogP contribution in [0.25, 0.3) is 0 Å². The summed E-state index contributed by atoms with van der Waals surface area (Å²) in [5, 5.41) is 3.28. The van der Waals surface area contributed by atoms with Crippen molar-refractivity contribution in [3.63, 3.8) is 0 Å². The molecule has 4 nitrogen and oxygen atoms in total. The topological polar surface area (TPSA) is 64.3 Å². The fourth-order valence-electron chi connectivity index (χ4n) is 4.14. The number of rotatable bonds is 9. The Morgan fingerprint density at radius 3 is 2.62 bits per heavy atom. The van der Waals surface area contributed by atoms with Crippen molar-refractivity contribution in [2.24, 2.45) is 11.1 Å². The van der Waals surface area contributed by atoms with Gasteiger partial charge in [0.05, 0.1) is 6.10 Å². The van der Waals surface area contributed by atoms with Gasteiger partial charge in [-0.2, -0.15) is 0 Å². The standard InChI is InChI=1S/C17H32N2O2/c1-2-21-15-13-14(17(15)10-6-7-11-17)19-16(20)9-5-3-4-8-12-18/h14-15H,2-13,18H2,1H3,(H,19,20). The number of carbonyl (C=O) groups is 1. The van der Waals surface area contributed by atoms with Crippen molar-refractivity contribution >= 4 is 5.91 Å². The van der Waals surface area contributed by atoms with Gasteiger partial charge in [-0.15, -0.1) is 0 Å². The second-order valence-electron chi connectivity index (χ2n) is 6.69. The van der Waals surface area contributed by atoms with Gasteiger partial charge >= 0.3 is 0 Å². The Hall–Kier alpha value is -0.610. The first-order valence-electron chi connectivity index (χ1n) is 8.84. The van der Waals surface area contributed by atoms with E-state index in [9.17, 15) is 4.79 Å². The zero-order valence-electron chi connectivity index (χ0n) is 13.5. The molecule has 4 heteroatoms. The molecule has 2 saturated carbocycles. The van der Waals surface area contributed by atoms with E-state index in [0.29, 0.717) is 18.6 Å². The van der Waals surface area contributed by atoms with E-state index in [1.807, 2.05) is 0 Å². The van der Waals surface area contributed by atoms with Gasteiger partial charge in [-0.05, 0) is 45.6 Å². The van der Waals surface area contributed by atoms with Crippen LogP contribution in [-0.2, 0) is 9.53 Å². The molecule has 0 saturated heterocycles. The zero-order valence-corrected chi connectivity index (χ0v) is 13.5. The quantitative estimate of drug-likeness (QED) is 0.643. The van der Waals surface area contributed by atoms with E-state index in [4.69, 9.17) is 10.5 Å². The van der Waals surface area contributed by atoms with E-state index >= 15 is 0 Å². The van der Waals surface area contributed by atoms with Crippen LogP contribution in [0.1, 0.15) is 71.1 Å². The van der Waals surface area contributed by atoms with Crippen LogP contribution in [0.3, 0.4) is 0 Å². The highest BCUT2D eigenvalue weighted by molar-refractivity contribution is 5.76. The molecule has 2 aliphatic rings. The van der Waals surface area contributed by atoms with Crippen LogP contribution < -0.4 is 11.1 Å². The molecule has 1 spiro atoms. The summed E-state index contributed by atoms with van der Waals surface area (Å²) in [6, 6.07) is 0.355. The van der Waals surface area contributed by atoms with Crippen LogP contribution in [0.2, 0.25) is 0 Å². The van der Waals surface area contributed by atoms with Gasteiger partial charge in [0, 0.05) is 24.5 Å². The van der Waals surface area contributed by atoms with E-state index < -0.39 is 0 Å². The van der Waals surface area contributed by atoms with Gasteiger partial charge in [0.1, 0.15) is 0 Å². The molecule has 0 aromatic heterocycles. The Morgan fingerprint density at radius 1 is 1.24 bits per heavy atom. The average Bonchev–Trinajstić information content (AvgIpc) is 2.98. The van der Waals surface area contributed by atoms with Gasteiger partial charge in [0.15, 0.2) is 0 Å². The van der Waals surface area contributed by atoms with Crippen LogP contribution in [0.4, 0.5) is 0 Å². The highest BCUT2D eigenvalue weighted by Crippen LogP contribution is 2.54. The summed E-state index contributed by atoms with van der Waals surface area (Å²) in [6.07, 6.45) is 11.4. The smallest absolute Gasteiger partial charge is 0.220 e. The van der Waals surface area contributed by atoms with Crippen molar-refractivity contribution in [3.8, 4) is 0 Å². The number of hydrogen-bond acceptors (Lipinski definition) is 3. The minimum Gasteiger partial charge on any atom is -0.378 e. The fourth-order valence-corrected chi connectivity index (χ4v) is 4.14. The lowest BCUT2D eigenvalue weighted by atomic mass is 9.60. The largest absolute Gasteiger partial charge is 0.378 e. The second kappa shape index (κ2) is 8.14.